The molecule has 1 aliphatic rings. The summed E-state index contributed by atoms with van der Waals surface area (Å²) in [7, 11) is -3.91. The lowest BCUT2D eigenvalue weighted by molar-refractivity contribution is -0.914. The van der Waals surface area contributed by atoms with Crippen LogP contribution in [0.4, 0.5) is 11.6 Å². The molecule has 3 heterocycles. The molecule has 0 amide bonds. The maximum Gasteiger partial charge on any atom is 0.202 e. The molecule has 2 aromatic heterocycles. The quantitative estimate of drug-likeness (QED) is 0.475. The number of rotatable bonds is 6. The minimum Gasteiger partial charge on any atom is -0.431 e. The Morgan fingerprint density at radius 3 is 2.27 bits per heavy atom. The van der Waals surface area contributed by atoms with Crippen molar-refractivity contribution in [3.05, 3.63) is 89.4 Å². The van der Waals surface area contributed by atoms with Crippen molar-refractivity contribution in [1.82, 2.24) is 15.0 Å². The molecule has 1 aliphatic heterocycles. The van der Waals surface area contributed by atoms with Gasteiger partial charge in [0.05, 0.1) is 36.6 Å². The first-order chi connectivity index (χ1) is 16.1. The molecule has 1 saturated heterocycles. The maximum atomic E-state index is 13.0. The SMILES string of the molecule is O=S(=O)([N-]c1nc2ccccc2nc1N1CC[NH+](Cc2cccnc2)CC1)c1ccccc1. The van der Waals surface area contributed by atoms with Gasteiger partial charge in [0.15, 0.2) is 0 Å². The Kier molecular flexibility index (Phi) is 5.89. The van der Waals surface area contributed by atoms with Crippen LogP contribution in [-0.2, 0) is 16.6 Å². The highest BCUT2D eigenvalue weighted by Crippen LogP contribution is 2.35. The summed E-state index contributed by atoms with van der Waals surface area (Å²) in [6.45, 7) is 4.17. The summed E-state index contributed by atoms with van der Waals surface area (Å²) in [6, 6.07) is 19.7. The van der Waals surface area contributed by atoms with Crippen LogP contribution in [0.2, 0.25) is 0 Å². The number of nitrogens with one attached hydrogen (secondary N) is 1. The number of hydrogen-bond acceptors (Lipinski definition) is 6. The maximum absolute atomic E-state index is 13.0. The van der Waals surface area contributed by atoms with Gasteiger partial charge in [0.1, 0.15) is 12.4 Å². The van der Waals surface area contributed by atoms with Crippen LogP contribution in [0.5, 0.6) is 0 Å². The Bertz CT molecular complexity index is 1340. The van der Waals surface area contributed by atoms with Gasteiger partial charge in [-0.05, 0) is 35.6 Å². The lowest BCUT2D eigenvalue weighted by Crippen LogP contribution is -3.13. The van der Waals surface area contributed by atoms with E-state index in [2.05, 4.69) is 25.7 Å². The van der Waals surface area contributed by atoms with Crippen molar-refractivity contribution in [3.63, 3.8) is 0 Å². The van der Waals surface area contributed by atoms with Crippen molar-refractivity contribution in [1.29, 1.82) is 0 Å². The van der Waals surface area contributed by atoms with Crippen LogP contribution in [-0.4, -0.2) is 49.5 Å². The van der Waals surface area contributed by atoms with Gasteiger partial charge in [-0.15, -0.1) is 0 Å². The lowest BCUT2D eigenvalue weighted by atomic mass is 10.2. The van der Waals surface area contributed by atoms with Gasteiger partial charge >= 0.3 is 0 Å². The number of hydrogen-bond donors (Lipinski definition) is 1. The molecular formula is C24H24N6O2S. The standard InChI is InChI=1S/C24H23N6O2S/c31-33(32,20-8-2-1-3-9-20)28-23-24(27-22-11-5-4-10-21(22)26-23)30-15-13-29(14-16-30)18-19-7-6-12-25-17-19/h1-12,17H,13-16,18H2/q-1/p+1. The van der Waals surface area contributed by atoms with Gasteiger partial charge in [-0.2, -0.15) is 0 Å². The summed E-state index contributed by atoms with van der Waals surface area (Å²) in [6.07, 6.45) is 3.68. The Hall–Kier alpha value is -3.56. The number of piperazine rings is 1. The van der Waals surface area contributed by atoms with Crippen molar-refractivity contribution >= 4 is 32.7 Å². The molecule has 2 aromatic carbocycles. The van der Waals surface area contributed by atoms with Gasteiger partial charge in [0, 0.05) is 18.0 Å². The summed E-state index contributed by atoms with van der Waals surface area (Å²) in [5.41, 5.74) is 2.54. The first-order valence-electron chi connectivity index (χ1n) is 10.9. The van der Waals surface area contributed by atoms with E-state index in [1.165, 1.54) is 22.6 Å². The van der Waals surface area contributed by atoms with Gasteiger partial charge in [0.2, 0.25) is 10.0 Å². The first-order valence-corrected chi connectivity index (χ1v) is 12.3. The zero-order chi connectivity index (χ0) is 22.7. The van der Waals surface area contributed by atoms with Crippen molar-refractivity contribution in [2.75, 3.05) is 31.1 Å². The zero-order valence-electron chi connectivity index (χ0n) is 18.0. The van der Waals surface area contributed by atoms with E-state index in [9.17, 15) is 8.42 Å². The molecular weight excluding hydrogens is 436 g/mol. The molecule has 0 radical (unpaired) electrons. The number of pyridine rings is 1. The Balaban J connectivity index is 1.41. The van der Waals surface area contributed by atoms with Gasteiger partial charge in [-0.3, -0.25) is 4.98 Å². The number of anilines is 1. The molecule has 4 aromatic rings. The Morgan fingerprint density at radius 1 is 0.879 bits per heavy atom. The molecule has 0 aliphatic carbocycles. The van der Waals surface area contributed by atoms with E-state index in [4.69, 9.17) is 4.98 Å². The molecule has 0 unspecified atom stereocenters. The average molecular weight is 461 g/mol. The number of quaternary nitrogens is 1. The summed E-state index contributed by atoms with van der Waals surface area (Å²) >= 11 is 0. The molecule has 33 heavy (non-hydrogen) atoms. The first kappa shape index (κ1) is 21.3. The van der Waals surface area contributed by atoms with E-state index < -0.39 is 10.0 Å². The molecule has 0 atom stereocenters. The zero-order valence-corrected chi connectivity index (χ0v) is 18.8. The van der Waals surface area contributed by atoms with E-state index in [1.54, 1.807) is 24.4 Å². The molecule has 8 nitrogen and oxygen atoms in total. The summed E-state index contributed by atoms with van der Waals surface area (Å²) in [5.74, 6) is 0.641. The third-order valence-corrected chi connectivity index (χ3v) is 7.01. The second-order valence-corrected chi connectivity index (χ2v) is 9.62. The molecule has 0 saturated carbocycles. The topological polar surface area (TPSA) is 94.6 Å². The lowest BCUT2D eigenvalue weighted by Gasteiger charge is -2.35. The summed E-state index contributed by atoms with van der Waals surface area (Å²) in [4.78, 5) is 17.2. The van der Waals surface area contributed by atoms with E-state index in [1.807, 2.05) is 36.5 Å². The minimum atomic E-state index is -3.91. The molecule has 1 N–H and O–H groups in total. The summed E-state index contributed by atoms with van der Waals surface area (Å²) in [5, 5.41) is 0. The van der Waals surface area contributed by atoms with Crippen LogP contribution < -0.4 is 9.80 Å². The minimum absolute atomic E-state index is 0.133. The van der Waals surface area contributed by atoms with Crippen molar-refractivity contribution in [2.45, 2.75) is 11.4 Å². The molecule has 9 heteroatoms. The Morgan fingerprint density at radius 2 is 1.58 bits per heavy atom. The van der Waals surface area contributed by atoms with Gasteiger partial charge < -0.3 is 19.5 Å². The van der Waals surface area contributed by atoms with Crippen LogP contribution in [0.15, 0.2) is 84.0 Å². The molecule has 0 spiro atoms. The van der Waals surface area contributed by atoms with Gasteiger partial charge in [-0.25, -0.2) is 13.4 Å². The van der Waals surface area contributed by atoms with Crippen LogP contribution in [0, 0.1) is 0 Å². The molecule has 0 bridgehead atoms. The average Bonchev–Trinajstić information content (AvgIpc) is 2.85. The van der Waals surface area contributed by atoms with Crippen LogP contribution in [0.3, 0.4) is 0 Å². The van der Waals surface area contributed by atoms with E-state index >= 15 is 0 Å². The van der Waals surface area contributed by atoms with E-state index in [0.717, 1.165) is 32.7 Å². The number of benzene rings is 2. The number of para-hydroxylation sites is 2. The largest absolute Gasteiger partial charge is 0.431 e. The molecule has 168 valence electrons. The monoisotopic (exact) mass is 460 g/mol. The molecule has 1 fully saturated rings. The van der Waals surface area contributed by atoms with E-state index in [-0.39, 0.29) is 10.7 Å². The van der Waals surface area contributed by atoms with Crippen molar-refractivity contribution in [2.24, 2.45) is 0 Å². The van der Waals surface area contributed by atoms with Crippen LogP contribution in [0.25, 0.3) is 15.8 Å². The van der Waals surface area contributed by atoms with Crippen LogP contribution >= 0.6 is 0 Å². The number of sulfonamides is 1. The number of fused-ring (bicyclic) bond motifs is 1. The third kappa shape index (κ3) is 4.79. The van der Waals surface area contributed by atoms with E-state index in [0.29, 0.717) is 16.9 Å². The highest BCUT2D eigenvalue weighted by molar-refractivity contribution is 7.94. The smallest absolute Gasteiger partial charge is 0.202 e. The number of aromatic nitrogens is 3. The summed E-state index contributed by atoms with van der Waals surface area (Å²) < 4.78 is 30.0. The number of nitrogens with zero attached hydrogens (tertiary/aromatic N) is 5. The molecule has 5 rings (SSSR count). The fraction of sp³-hybridized carbons (Fsp3) is 0.208. The highest BCUT2D eigenvalue weighted by Gasteiger charge is 2.23. The van der Waals surface area contributed by atoms with Crippen LogP contribution in [0.1, 0.15) is 5.56 Å². The fourth-order valence-electron chi connectivity index (χ4n) is 4.02. The normalized spacial score (nSPS) is 15.0. The third-order valence-electron chi connectivity index (χ3n) is 5.73. The van der Waals surface area contributed by atoms with Gasteiger partial charge in [-0.1, -0.05) is 42.5 Å². The highest BCUT2D eigenvalue weighted by atomic mass is 32.2. The van der Waals surface area contributed by atoms with Crippen molar-refractivity contribution < 1.29 is 13.3 Å². The predicted octanol–water partition coefficient (Wildman–Crippen LogP) is 2.32. The Labute approximate surface area is 193 Å². The second kappa shape index (κ2) is 9.13. The predicted molar refractivity (Wildman–Crippen MR) is 127 cm³/mol. The van der Waals surface area contributed by atoms with Gasteiger partial charge in [0.25, 0.3) is 0 Å². The fourth-order valence-corrected chi connectivity index (χ4v) is 4.97. The second-order valence-electron chi connectivity index (χ2n) is 8.01. The van der Waals surface area contributed by atoms with Crippen molar-refractivity contribution in [3.8, 4) is 0 Å².